The minimum absolute atomic E-state index is 0.0914. The molecular formula is C25H26N4O3. The highest BCUT2D eigenvalue weighted by Crippen LogP contribution is 2.21. The van der Waals surface area contributed by atoms with E-state index in [2.05, 4.69) is 22.4 Å². The van der Waals surface area contributed by atoms with Crippen LogP contribution in [0.1, 0.15) is 37.6 Å². The normalized spacial score (nSPS) is 11.8. The summed E-state index contributed by atoms with van der Waals surface area (Å²) in [6, 6.07) is 20.2. The summed E-state index contributed by atoms with van der Waals surface area (Å²) >= 11 is 0. The minimum Gasteiger partial charge on any atom is -0.494 e. The maximum atomic E-state index is 12.7. The Morgan fingerprint density at radius 2 is 1.75 bits per heavy atom. The molecular weight excluding hydrogens is 404 g/mol. The van der Waals surface area contributed by atoms with Crippen molar-refractivity contribution in [2.45, 2.75) is 33.3 Å². The third-order valence-electron chi connectivity index (χ3n) is 5.03. The SMILES string of the molecule is CCOc1ccc(-n2nc3ccc(NC(=O)c4cccc(O[C@@H](C)CC)c4)cc3n2)cc1. The average molecular weight is 431 g/mol. The lowest BCUT2D eigenvalue weighted by Gasteiger charge is -2.13. The van der Waals surface area contributed by atoms with Gasteiger partial charge in [0.05, 0.1) is 18.4 Å². The van der Waals surface area contributed by atoms with Crippen molar-refractivity contribution in [1.29, 1.82) is 0 Å². The number of hydrogen-bond donors (Lipinski definition) is 1. The molecule has 7 nitrogen and oxygen atoms in total. The zero-order chi connectivity index (χ0) is 22.5. The van der Waals surface area contributed by atoms with E-state index in [-0.39, 0.29) is 12.0 Å². The summed E-state index contributed by atoms with van der Waals surface area (Å²) in [6.45, 7) is 6.63. The molecule has 1 aromatic heterocycles. The summed E-state index contributed by atoms with van der Waals surface area (Å²) in [6.07, 6.45) is 0.988. The van der Waals surface area contributed by atoms with Crippen molar-refractivity contribution < 1.29 is 14.3 Å². The van der Waals surface area contributed by atoms with Gasteiger partial charge in [-0.3, -0.25) is 4.79 Å². The molecule has 4 aromatic rings. The summed E-state index contributed by atoms with van der Waals surface area (Å²) in [5, 5.41) is 12.0. The van der Waals surface area contributed by atoms with Crippen molar-refractivity contribution in [3.8, 4) is 17.2 Å². The Morgan fingerprint density at radius 1 is 0.969 bits per heavy atom. The minimum atomic E-state index is -0.210. The predicted molar refractivity (Wildman–Crippen MR) is 125 cm³/mol. The standard InChI is InChI=1S/C25H26N4O3/c1-4-17(3)32-22-8-6-7-18(15-22)25(30)26-19-9-14-23-24(16-19)28-29(27-23)20-10-12-21(13-11-20)31-5-2/h6-17H,4-5H2,1-3H3,(H,26,30)/t17-/m0/s1. The molecule has 4 rings (SSSR count). The molecule has 1 atom stereocenters. The van der Waals surface area contributed by atoms with Crippen LogP contribution in [0.4, 0.5) is 5.69 Å². The molecule has 0 aliphatic rings. The summed E-state index contributed by atoms with van der Waals surface area (Å²) < 4.78 is 11.3. The Hall–Kier alpha value is -3.87. The molecule has 1 heterocycles. The Balaban J connectivity index is 1.50. The molecule has 0 spiro atoms. The van der Waals surface area contributed by atoms with Crippen molar-refractivity contribution in [2.75, 3.05) is 11.9 Å². The monoisotopic (exact) mass is 430 g/mol. The highest BCUT2D eigenvalue weighted by molar-refractivity contribution is 6.05. The number of fused-ring (bicyclic) bond motifs is 1. The molecule has 0 radical (unpaired) electrons. The van der Waals surface area contributed by atoms with E-state index in [1.165, 1.54) is 0 Å². The predicted octanol–water partition coefficient (Wildman–Crippen LogP) is 5.25. The molecule has 0 aliphatic heterocycles. The molecule has 0 saturated heterocycles. The molecule has 1 amide bonds. The zero-order valence-corrected chi connectivity index (χ0v) is 18.4. The fourth-order valence-corrected chi connectivity index (χ4v) is 3.18. The topological polar surface area (TPSA) is 78.3 Å². The largest absolute Gasteiger partial charge is 0.494 e. The highest BCUT2D eigenvalue weighted by Gasteiger charge is 2.11. The lowest BCUT2D eigenvalue weighted by atomic mass is 10.2. The maximum absolute atomic E-state index is 12.7. The fraction of sp³-hybridized carbons (Fsp3) is 0.240. The first kappa shape index (κ1) is 21.4. The molecule has 164 valence electrons. The van der Waals surface area contributed by atoms with Crippen LogP contribution in [0.2, 0.25) is 0 Å². The van der Waals surface area contributed by atoms with E-state index in [1.807, 2.05) is 68.4 Å². The van der Waals surface area contributed by atoms with Crippen LogP contribution in [-0.2, 0) is 0 Å². The van der Waals surface area contributed by atoms with Crippen molar-refractivity contribution in [3.05, 3.63) is 72.3 Å². The van der Waals surface area contributed by atoms with Crippen molar-refractivity contribution in [2.24, 2.45) is 0 Å². The second kappa shape index (κ2) is 9.51. The van der Waals surface area contributed by atoms with Gasteiger partial charge in [0, 0.05) is 11.3 Å². The van der Waals surface area contributed by atoms with Gasteiger partial charge in [0.2, 0.25) is 0 Å². The van der Waals surface area contributed by atoms with Crippen LogP contribution in [0.3, 0.4) is 0 Å². The third-order valence-corrected chi connectivity index (χ3v) is 5.03. The van der Waals surface area contributed by atoms with E-state index in [4.69, 9.17) is 9.47 Å². The van der Waals surface area contributed by atoms with Crippen LogP contribution in [0.15, 0.2) is 66.7 Å². The molecule has 0 aliphatic carbocycles. The average Bonchev–Trinajstić information content (AvgIpc) is 3.23. The van der Waals surface area contributed by atoms with Crippen molar-refractivity contribution >= 4 is 22.6 Å². The van der Waals surface area contributed by atoms with E-state index in [1.54, 1.807) is 16.9 Å². The van der Waals surface area contributed by atoms with Gasteiger partial charge >= 0.3 is 0 Å². The van der Waals surface area contributed by atoms with Gasteiger partial charge in [0.25, 0.3) is 5.91 Å². The Labute approximate surface area is 187 Å². The Morgan fingerprint density at radius 3 is 2.50 bits per heavy atom. The second-order valence-corrected chi connectivity index (χ2v) is 7.44. The number of carbonyl (C=O) groups excluding carboxylic acids is 1. The molecule has 1 N–H and O–H groups in total. The van der Waals surface area contributed by atoms with Gasteiger partial charge in [-0.1, -0.05) is 13.0 Å². The van der Waals surface area contributed by atoms with E-state index >= 15 is 0 Å². The lowest BCUT2D eigenvalue weighted by molar-refractivity contribution is 0.102. The zero-order valence-electron chi connectivity index (χ0n) is 18.4. The van der Waals surface area contributed by atoms with Crippen LogP contribution in [0.5, 0.6) is 11.5 Å². The van der Waals surface area contributed by atoms with Gasteiger partial charge in [-0.2, -0.15) is 4.80 Å². The van der Waals surface area contributed by atoms with Crippen LogP contribution in [0.25, 0.3) is 16.7 Å². The summed E-state index contributed by atoms with van der Waals surface area (Å²) in [4.78, 5) is 14.3. The smallest absolute Gasteiger partial charge is 0.255 e. The third kappa shape index (κ3) is 4.88. The van der Waals surface area contributed by atoms with Gasteiger partial charge < -0.3 is 14.8 Å². The van der Waals surface area contributed by atoms with Crippen LogP contribution in [-0.4, -0.2) is 33.6 Å². The van der Waals surface area contributed by atoms with E-state index in [0.717, 1.165) is 23.4 Å². The van der Waals surface area contributed by atoms with Crippen molar-refractivity contribution in [1.82, 2.24) is 15.0 Å². The number of nitrogens with one attached hydrogen (secondary N) is 1. The molecule has 3 aromatic carbocycles. The van der Waals surface area contributed by atoms with Crippen LogP contribution in [0, 0.1) is 0 Å². The first-order chi connectivity index (χ1) is 15.6. The first-order valence-electron chi connectivity index (χ1n) is 10.7. The molecule has 7 heteroatoms. The van der Waals surface area contributed by atoms with Gasteiger partial charge in [0.1, 0.15) is 22.5 Å². The number of benzene rings is 3. The lowest BCUT2D eigenvalue weighted by Crippen LogP contribution is -2.13. The molecule has 32 heavy (non-hydrogen) atoms. The maximum Gasteiger partial charge on any atom is 0.255 e. The number of rotatable bonds is 8. The fourth-order valence-electron chi connectivity index (χ4n) is 3.18. The Bertz CT molecular complexity index is 1220. The molecule has 0 fully saturated rings. The van der Waals surface area contributed by atoms with E-state index in [0.29, 0.717) is 29.1 Å². The van der Waals surface area contributed by atoms with Crippen LogP contribution < -0.4 is 14.8 Å². The van der Waals surface area contributed by atoms with Crippen LogP contribution >= 0.6 is 0 Å². The Kier molecular flexibility index (Phi) is 6.35. The summed E-state index contributed by atoms with van der Waals surface area (Å²) in [7, 11) is 0. The number of hydrogen-bond acceptors (Lipinski definition) is 5. The first-order valence-corrected chi connectivity index (χ1v) is 10.7. The number of carbonyl (C=O) groups is 1. The number of amides is 1. The van der Waals surface area contributed by atoms with Gasteiger partial charge in [-0.25, -0.2) is 0 Å². The number of ether oxygens (including phenoxy) is 2. The summed E-state index contributed by atoms with van der Waals surface area (Å²) in [5.74, 6) is 1.27. The summed E-state index contributed by atoms with van der Waals surface area (Å²) in [5.41, 5.74) is 3.43. The van der Waals surface area contributed by atoms with E-state index in [9.17, 15) is 4.79 Å². The van der Waals surface area contributed by atoms with Gasteiger partial charge in [0.15, 0.2) is 0 Å². The second-order valence-electron chi connectivity index (χ2n) is 7.44. The van der Waals surface area contributed by atoms with E-state index < -0.39 is 0 Å². The highest BCUT2D eigenvalue weighted by atomic mass is 16.5. The molecule has 0 bridgehead atoms. The van der Waals surface area contributed by atoms with Gasteiger partial charge in [-0.15, -0.1) is 10.2 Å². The number of aromatic nitrogens is 3. The quantitative estimate of drug-likeness (QED) is 0.413. The molecule has 0 saturated carbocycles. The van der Waals surface area contributed by atoms with Gasteiger partial charge in [-0.05, 0) is 80.9 Å². The van der Waals surface area contributed by atoms with Crippen molar-refractivity contribution in [3.63, 3.8) is 0 Å². The molecule has 0 unspecified atom stereocenters. The number of anilines is 1. The number of nitrogens with zero attached hydrogens (tertiary/aromatic N) is 3.